The highest BCUT2D eigenvalue weighted by Gasteiger charge is 2.03. The summed E-state index contributed by atoms with van der Waals surface area (Å²) in [4.78, 5) is 3.93. The smallest absolute Gasteiger partial charge is 0.296 e. The van der Waals surface area contributed by atoms with Crippen LogP contribution >= 0.6 is 0 Å². The second kappa shape index (κ2) is 3.25. The number of nitrogens with two attached hydrogens (primary N) is 1. The molecule has 0 fully saturated rings. The third kappa shape index (κ3) is 1.84. The molecule has 0 aromatic carbocycles. The average Bonchev–Trinajstić information content (AvgIpc) is 2.28. The number of aromatic nitrogens is 1. The number of hydrogen-bond donors (Lipinski definition) is 3. The minimum Gasteiger partial charge on any atom is -0.407 e. The van der Waals surface area contributed by atoms with Gasteiger partial charge >= 0.3 is 0 Å². The minimum atomic E-state index is 0.0430. The van der Waals surface area contributed by atoms with Crippen molar-refractivity contribution in [3.05, 3.63) is 5.69 Å². The van der Waals surface area contributed by atoms with Crippen molar-refractivity contribution in [3.8, 4) is 0 Å². The molecule has 0 aliphatic heterocycles. The minimum absolute atomic E-state index is 0.0430. The monoisotopic (exact) mass is 157 g/mol. The molecule has 0 saturated carbocycles. The highest BCUT2D eigenvalue weighted by molar-refractivity contribution is 5.36. The molecule has 1 rings (SSSR count). The van der Waals surface area contributed by atoms with Gasteiger partial charge in [-0.25, -0.2) is 0 Å². The number of anilines is 2. The van der Waals surface area contributed by atoms with Crippen LogP contribution in [0.25, 0.3) is 0 Å². The Labute approximate surface area is 64.2 Å². The average molecular weight is 157 g/mol. The number of aliphatic hydroxyl groups is 1. The Bertz CT molecular complexity index is 214. The lowest BCUT2D eigenvalue weighted by Gasteiger charge is -1.94. The molecule has 0 spiro atoms. The first-order valence-corrected chi connectivity index (χ1v) is 3.31. The summed E-state index contributed by atoms with van der Waals surface area (Å²) in [6.07, 6.45) is 0. The normalized spacial score (nSPS) is 10.0. The molecular weight excluding hydrogens is 146 g/mol. The van der Waals surface area contributed by atoms with E-state index in [2.05, 4.69) is 10.3 Å². The van der Waals surface area contributed by atoms with E-state index in [1.165, 1.54) is 0 Å². The predicted molar refractivity (Wildman–Crippen MR) is 41.2 cm³/mol. The van der Waals surface area contributed by atoms with Crippen LogP contribution in [0.5, 0.6) is 0 Å². The largest absolute Gasteiger partial charge is 0.407 e. The van der Waals surface area contributed by atoms with Gasteiger partial charge in [-0.05, 0) is 6.92 Å². The van der Waals surface area contributed by atoms with Crippen molar-refractivity contribution in [2.45, 2.75) is 6.92 Å². The van der Waals surface area contributed by atoms with Gasteiger partial charge in [0, 0.05) is 6.54 Å². The molecule has 5 heteroatoms. The van der Waals surface area contributed by atoms with Crippen LogP contribution in [0.15, 0.2) is 4.42 Å². The van der Waals surface area contributed by atoms with Gasteiger partial charge in [-0.3, -0.25) is 0 Å². The van der Waals surface area contributed by atoms with E-state index in [1.807, 2.05) is 0 Å². The fourth-order valence-corrected chi connectivity index (χ4v) is 0.647. The molecule has 0 aliphatic carbocycles. The van der Waals surface area contributed by atoms with E-state index < -0.39 is 0 Å². The van der Waals surface area contributed by atoms with Crippen LogP contribution in [0.3, 0.4) is 0 Å². The van der Waals surface area contributed by atoms with E-state index in [4.69, 9.17) is 15.3 Å². The van der Waals surface area contributed by atoms with Crippen LogP contribution in [0.4, 0.5) is 11.9 Å². The van der Waals surface area contributed by atoms with E-state index in [9.17, 15) is 0 Å². The van der Waals surface area contributed by atoms with E-state index in [1.54, 1.807) is 6.92 Å². The van der Waals surface area contributed by atoms with Gasteiger partial charge in [-0.15, -0.1) is 0 Å². The van der Waals surface area contributed by atoms with Gasteiger partial charge in [0.2, 0.25) is 5.88 Å². The zero-order valence-electron chi connectivity index (χ0n) is 6.29. The second-order valence-electron chi connectivity index (χ2n) is 2.12. The highest BCUT2D eigenvalue weighted by atomic mass is 16.4. The second-order valence-corrected chi connectivity index (χ2v) is 2.12. The number of aliphatic hydroxyl groups excluding tert-OH is 1. The number of nitrogens with one attached hydrogen (secondary N) is 1. The van der Waals surface area contributed by atoms with Crippen LogP contribution in [-0.4, -0.2) is 23.2 Å². The third-order valence-electron chi connectivity index (χ3n) is 1.22. The molecule has 1 heterocycles. The van der Waals surface area contributed by atoms with Crippen LogP contribution < -0.4 is 11.1 Å². The van der Waals surface area contributed by atoms with Crippen LogP contribution in [0, 0.1) is 6.92 Å². The van der Waals surface area contributed by atoms with E-state index in [-0.39, 0.29) is 6.61 Å². The fourth-order valence-electron chi connectivity index (χ4n) is 0.647. The van der Waals surface area contributed by atoms with Crippen molar-refractivity contribution >= 4 is 11.9 Å². The fraction of sp³-hybridized carbons (Fsp3) is 0.500. The van der Waals surface area contributed by atoms with E-state index >= 15 is 0 Å². The molecule has 0 unspecified atom stereocenters. The van der Waals surface area contributed by atoms with E-state index in [0.717, 1.165) is 0 Å². The highest BCUT2D eigenvalue weighted by Crippen LogP contribution is 2.14. The van der Waals surface area contributed by atoms with Crippen molar-refractivity contribution in [1.29, 1.82) is 0 Å². The van der Waals surface area contributed by atoms with Gasteiger partial charge in [0.25, 0.3) is 6.01 Å². The third-order valence-corrected chi connectivity index (χ3v) is 1.22. The van der Waals surface area contributed by atoms with Crippen molar-refractivity contribution < 1.29 is 9.52 Å². The molecule has 5 nitrogen and oxygen atoms in total. The van der Waals surface area contributed by atoms with Gasteiger partial charge in [0.1, 0.15) is 5.69 Å². The molecule has 1 aromatic heterocycles. The lowest BCUT2D eigenvalue weighted by molar-refractivity contribution is 0.309. The quantitative estimate of drug-likeness (QED) is 0.573. The first-order chi connectivity index (χ1) is 5.24. The molecular formula is C6H11N3O2. The van der Waals surface area contributed by atoms with Gasteiger partial charge in [-0.2, -0.15) is 4.98 Å². The maximum Gasteiger partial charge on any atom is 0.296 e. The molecule has 0 saturated heterocycles. The summed E-state index contributed by atoms with van der Waals surface area (Å²) in [5.41, 5.74) is 6.04. The Morgan fingerprint density at radius 2 is 2.45 bits per heavy atom. The summed E-state index contributed by atoms with van der Waals surface area (Å²) in [5.74, 6) is 0.311. The Hall–Kier alpha value is -1.23. The summed E-state index contributed by atoms with van der Waals surface area (Å²) < 4.78 is 4.96. The van der Waals surface area contributed by atoms with Crippen molar-refractivity contribution in [2.75, 3.05) is 24.2 Å². The number of aryl methyl sites for hydroxylation is 1. The molecule has 1 aromatic rings. The van der Waals surface area contributed by atoms with Crippen molar-refractivity contribution in [3.63, 3.8) is 0 Å². The first kappa shape index (κ1) is 7.87. The predicted octanol–water partition coefficient (Wildman–Crippen LogP) is -0.0306. The number of oxazole rings is 1. The first-order valence-electron chi connectivity index (χ1n) is 3.31. The summed E-state index contributed by atoms with van der Waals surface area (Å²) in [5, 5.41) is 11.2. The SMILES string of the molecule is Cc1nc(NCCO)oc1N. The maximum atomic E-state index is 8.44. The lowest BCUT2D eigenvalue weighted by atomic mass is 10.5. The summed E-state index contributed by atoms with van der Waals surface area (Å²) >= 11 is 0. The van der Waals surface area contributed by atoms with Crippen LogP contribution in [0.2, 0.25) is 0 Å². The lowest BCUT2D eigenvalue weighted by Crippen LogP contribution is -2.05. The molecule has 0 aliphatic rings. The molecule has 0 radical (unpaired) electrons. The molecule has 62 valence electrons. The van der Waals surface area contributed by atoms with Gasteiger partial charge in [0.15, 0.2) is 0 Å². The summed E-state index contributed by atoms with van der Waals surface area (Å²) in [7, 11) is 0. The molecule has 0 amide bonds. The standard InChI is InChI=1S/C6H11N3O2/c1-4-5(7)11-6(9-4)8-2-3-10/h10H,2-3,7H2,1H3,(H,8,9). The number of nitrogen functional groups attached to an aromatic ring is 1. The van der Waals surface area contributed by atoms with Crippen LogP contribution in [-0.2, 0) is 0 Å². The number of hydrogen-bond acceptors (Lipinski definition) is 5. The van der Waals surface area contributed by atoms with Gasteiger partial charge in [-0.1, -0.05) is 0 Å². The Kier molecular flexibility index (Phi) is 2.32. The topological polar surface area (TPSA) is 84.3 Å². The Morgan fingerprint density at radius 1 is 1.73 bits per heavy atom. The van der Waals surface area contributed by atoms with Crippen LogP contribution in [0.1, 0.15) is 5.69 Å². The Balaban J connectivity index is 2.58. The maximum absolute atomic E-state index is 8.44. The van der Waals surface area contributed by atoms with E-state index in [0.29, 0.717) is 24.1 Å². The number of nitrogens with zero attached hydrogens (tertiary/aromatic N) is 1. The van der Waals surface area contributed by atoms with Crippen molar-refractivity contribution in [2.24, 2.45) is 0 Å². The summed E-state index contributed by atoms with van der Waals surface area (Å²) in [6.45, 7) is 2.21. The number of rotatable bonds is 3. The molecule has 4 N–H and O–H groups in total. The summed E-state index contributed by atoms with van der Waals surface area (Å²) in [6, 6.07) is 0.356. The van der Waals surface area contributed by atoms with Crippen molar-refractivity contribution in [1.82, 2.24) is 4.98 Å². The zero-order chi connectivity index (χ0) is 8.27. The molecule has 0 bridgehead atoms. The van der Waals surface area contributed by atoms with Gasteiger partial charge in [0.05, 0.1) is 6.61 Å². The Morgan fingerprint density at radius 3 is 2.91 bits per heavy atom. The molecule has 11 heavy (non-hydrogen) atoms. The van der Waals surface area contributed by atoms with Gasteiger partial charge < -0.3 is 20.6 Å². The zero-order valence-corrected chi connectivity index (χ0v) is 6.29. The molecule has 0 atom stereocenters.